The first-order chi connectivity index (χ1) is 28.2. The van der Waals surface area contributed by atoms with E-state index in [-0.39, 0.29) is 19.2 Å². The number of carbonyl (C=O) groups is 1. The third kappa shape index (κ3) is 47.8. The first-order valence-electron chi connectivity index (χ1n) is 24.2. The van der Waals surface area contributed by atoms with E-state index in [2.05, 4.69) is 92.8 Å². The topological polar surface area (TPSA) is 55.8 Å². The number of unbranched alkanes of at least 4 members (excludes halogenated alkanes) is 22. The highest BCUT2D eigenvalue weighted by molar-refractivity contribution is 5.69. The molecule has 1 N–H and O–H groups in total. The van der Waals surface area contributed by atoms with E-state index in [0.29, 0.717) is 19.4 Å². The third-order valence-electron chi connectivity index (χ3n) is 10.2. The van der Waals surface area contributed by atoms with Crippen molar-refractivity contribution in [2.24, 2.45) is 0 Å². The van der Waals surface area contributed by atoms with Gasteiger partial charge in [0.25, 0.3) is 0 Å². The van der Waals surface area contributed by atoms with Gasteiger partial charge in [-0.3, -0.25) is 4.79 Å². The molecule has 0 aliphatic rings. The Hall–Kier alpha value is -2.43. The van der Waals surface area contributed by atoms with Crippen LogP contribution in [-0.4, -0.2) is 37.0 Å². The van der Waals surface area contributed by atoms with Crippen molar-refractivity contribution in [3.05, 3.63) is 85.1 Å². The molecule has 1 unspecified atom stereocenters. The Morgan fingerprint density at radius 1 is 0.439 bits per heavy atom. The van der Waals surface area contributed by atoms with Crippen molar-refractivity contribution in [3.63, 3.8) is 0 Å². The summed E-state index contributed by atoms with van der Waals surface area (Å²) in [7, 11) is 0. The van der Waals surface area contributed by atoms with Gasteiger partial charge in [-0.1, -0.05) is 221 Å². The molecule has 0 amide bonds. The summed E-state index contributed by atoms with van der Waals surface area (Å²) in [6.45, 7) is 5.16. The first kappa shape index (κ1) is 54.6. The summed E-state index contributed by atoms with van der Waals surface area (Å²) in [6, 6.07) is 0. The Balaban J connectivity index is 3.49. The van der Waals surface area contributed by atoms with E-state index in [0.717, 1.165) is 44.9 Å². The second-order valence-corrected chi connectivity index (χ2v) is 15.8. The number of hydrogen-bond donors (Lipinski definition) is 1. The molecule has 1 atom stereocenters. The molecule has 0 aliphatic carbocycles. The van der Waals surface area contributed by atoms with Crippen molar-refractivity contribution < 1.29 is 19.4 Å². The maximum atomic E-state index is 12.2. The van der Waals surface area contributed by atoms with Crippen LogP contribution >= 0.6 is 0 Å². The van der Waals surface area contributed by atoms with Crippen LogP contribution in [0, 0.1) is 0 Å². The fourth-order valence-corrected chi connectivity index (χ4v) is 6.64. The Morgan fingerprint density at radius 3 is 1.19 bits per heavy atom. The van der Waals surface area contributed by atoms with E-state index in [1.807, 2.05) is 6.08 Å². The van der Waals surface area contributed by atoms with Gasteiger partial charge in [-0.15, -0.1) is 0 Å². The van der Waals surface area contributed by atoms with E-state index in [4.69, 9.17) is 9.47 Å². The van der Waals surface area contributed by atoms with Crippen LogP contribution in [-0.2, 0) is 14.3 Å². The van der Waals surface area contributed by atoms with Crippen molar-refractivity contribution in [1.29, 1.82) is 0 Å². The molecule has 0 rings (SSSR count). The molecule has 0 bridgehead atoms. The summed E-state index contributed by atoms with van der Waals surface area (Å²) in [4.78, 5) is 12.2. The highest BCUT2D eigenvalue weighted by atomic mass is 16.6. The molecule has 0 fully saturated rings. The number of aliphatic hydroxyl groups excluding tert-OH is 1. The van der Waals surface area contributed by atoms with Crippen LogP contribution in [0.2, 0.25) is 0 Å². The maximum absolute atomic E-state index is 12.2. The first-order valence-corrected chi connectivity index (χ1v) is 24.2. The fraction of sp³-hybridized carbons (Fsp3) is 0.717. The van der Waals surface area contributed by atoms with Gasteiger partial charge in [-0.25, -0.2) is 0 Å². The van der Waals surface area contributed by atoms with E-state index in [1.165, 1.54) is 148 Å². The summed E-state index contributed by atoms with van der Waals surface area (Å²) in [6.07, 6.45) is 69.7. The fourth-order valence-electron chi connectivity index (χ4n) is 6.64. The number of carbonyl (C=O) groups excluding carboxylic acids is 1. The zero-order valence-corrected chi connectivity index (χ0v) is 37.6. The van der Waals surface area contributed by atoms with Gasteiger partial charge in [0.2, 0.25) is 0 Å². The zero-order chi connectivity index (χ0) is 41.2. The van der Waals surface area contributed by atoms with Gasteiger partial charge in [0.05, 0.1) is 13.2 Å². The van der Waals surface area contributed by atoms with E-state index >= 15 is 0 Å². The Morgan fingerprint density at radius 2 is 0.789 bits per heavy atom. The normalized spacial score (nSPS) is 13.1. The van der Waals surface area contributed by atoms with Crippen LogP contribution in [0.4, 0.5) is 0 Å². The van der Waals surface area contributed by atoms with E-state index < -0.39 is 6.10 Å². The number of aliphatic hydroxyl groups is 1. The van der Waals surface area contributed by atoms with Gasteiger partial charge in [0, 0.05) is 13.0 Å². The molecule has 57 heavy (non-hydrogen) atoms. The van der Waals surface area contributed by atoms with Gasteiger partial charge < -0.3 is 14.6 Å². The highest BCUT2D eigenvalue weighted by Gasteiger charge is 2.13. The minimum Gasteiger partial charge on any atom is -0.457 e. The van der Waals surface area contributed by atoms with E-state index in [9.17, 15) is 9.90 Å². The molecule has 4 heteroatoms. The summed E-state index contributed by atoms with van der Waals surface area (Å²) in [5.41, 5.74) is 0. The summed E-state index contributed by atoms with van der Waals surface area (Å²) >= 11 is 0. The number of esters is 1. The lowest BCUT2D eigenvalue weighted by Crippen LogP contribution is -2.27. The Bertz CT molecular complexity index is 1020. The van der Waals surface area contributed by atoms with Gasteiger partial charge in [-0.2, -0.15) is 0 Å². The van der Waals surface area contributed by atoms with Crippen molar-refractivity contribution in [2.75, 3.05) is 19.8 Å². The SMILES string of the molecule is CC/C=C\C/C=C\C/C=C\C/C=C\C/C=C\C/C=C\CCC(=O)OC(CO)COCCCCCCCCCCCCCCCC/C=C\CCCCCCCCCC. The monoisotopic (exact) mass is 793 g/mol. The van der Waals surface area contributed by atoms with Crippen LogP contribution < -0.4 is 0 Å². The predicted molar refractivity (Wildman–Crippen MR) is 251 cm³/mol. The van der Waals surface area contributed by atoms with E-state index in [1.54, 1.807) is 0 Å². The van der Waals surface area contributed by atoms with Crippen LogP contribution in [0.15, 0.2) is 85.1 Å². The lowest BCUT2D eigenvalue weighted by atomic mass is 10.0. The van der Waals surface area contributed by atoms with Crippen LogP contribution in [0.5, 0.6) is 0 Å². The quantitative estimate of drug-likeness (QED) is 0.0379. The molecule has 328 valence electrons. The molecule has 0 spiro atoms. The molecule has 0 radical (unpaired) electrons. The molecule has 0 saturated heterocycles. The lowest BCUT2D eigenvalue weighted by molar-refractivity contribution is -0.154. The van der Waals surface area contributed by atoms with Crippen molar-refractivity contribution in [1.82, 2.24) is 0 Å². The maximum Gasteiger partial charge on any atom is 0.306 e. The molecule has 0 saturated carbocycles. The van der Waals surface area contributed by atoms with Crippen molar-refractivity contribution >= 4 is 5.97 Å². The highest BCUT2D eigenvalue weighted by Crippen LogP contribution is 2.14. The molecular weight excluding hydrogens is 701 g/mol. The second-order valence-electron chi connectivity index (χ2n) is 15.8. The molecule has 0 aromatic heterocycles. The molecule has 0 aliphatic heterocycles. The Kier molecular flexibility index (Phi) is 47.6. The minimum absolute atomic E-state index is 0.205. The van der Waals surface area contributed by atoms with Gasteiger partial charge in [-0.05, 0) is 77.0 Å². The number of ether oxygens (including phenoxy) is 2. The number of hydrogen-bond acceptors (Lipinski definition) is 4. The Labute approximate surface area is 354 Å². The average Bonchev–Trinajstić information content (AvgIpc) is 3.22. The molecule has 0 heterocycles. The van der Waals surface area contributed by atoms with Gasteiger partial charge >= 0.3 is 5.97 Å². The summed E-state index contributed by atoms with van der Waals surface area (Å²) in [5.74, 6) is -0.282. The summed E-state index contributed by atoms with van der Waals surface area (Å²) in [5, 5.41) is 9.62. The van der Waals surface area contributed by atoms with Crippen LogP contribution in [0.1, 0.15) is 219 Å². The van der Waals surface area contributed by atoms with Gasteiger partial charge in [0.1, 0.15) is 6.10 Å². The predicted octanol–water partition coefficient (Wildman–Crippen LogP) is 16.3. The standard InChI is InChI=1S/C53H92O4/c1-3-5-7-9-11-13-15-17-19-21-23-24-25-26-27-28-29-31-33-35-37-39-41-43-45-47-49-56-51-52(50-54)57-53(55)48-46-44-42-40-38-36-34-32-30-22-20-18-16-14-12-10-8-6-4-2/h6,8,12,14,18,20-21,23,30,32,36,38,42,44,52,54H,3-5,7,9-11,13,15-17,19,22,24-29,31,33-35,37,39-41,43,45-51H2,1-2H3/b8-6-,14-12-,20-18-,23-21-,32-30-,38-36-,44-42-. The lowest BCUT2D eigenvalue weighted by Gasteiger charge is -2.15. The molecule has 4 nitrogen and oxygen atoms in total. The van der Waals surface area contributed by atoms with Crippen LogP contribution in [0.3, 0.4) is 0 Å². The molecule has 0 aromatic rings. The third-order valence-corrected chi connectivity index (χ3v) is 10.2. The van der Waals surface area contributed by atoms with Crippen molar-refractivity contribution in [2.45, 2.75) is 225 Å². The van der Waals surface area contributed by atoms with Gasteiger partial charge in [0.15, 0.2) is 0 Å². The largest absolute Gasteiger partial charge is 0.457 e. The second kappa shape index (κ2) is 49.7. The molecular formula is C53H92O4. The average molecular weight is 793 g/mol. The number of rotatable bonds is 44. The van der Waals surface area contributed by atoms with Crippen LogP contribution in [0.25, 0.3) is 0 Å². The summed E-state index contributed by atoms with van der Waals surface area (Å²) < 4.78 is 11.1. The minimum atomic E-state index is -0.579. The number of allylic oxidation sites excluding steroid dienone is 14. The smallest absolute Gasteiger partial charge is 0.306 e. The molecule has 0 aromatic carbocycles. The zero-order valence-electron chi connectivity index (χ0n) is 37.6. The van der Waals surface area contributed by atoms with Crippen molar-refractivity contribution in [3.8, 4) is 0 Å².